The molecular formula is C41H31OP. The van der Waals surface area contributed by atoms with Crippen molar-refractivity contribution in [3.63, 3.8) is 0 Å². The van der Waals surface area contributed by atoms with Crippen LogP contribution >= 0.6 is 7.14 Å². The lowest BCUT2D eigenvalue weighted by Crippen LogP contribution is -2.25. The second-order valence-corrected chi connectivity index (χ2v) is 14.8. The van der Waals surface area contributed by atoms with E-state index in [4.69, 9.17) is 0 Å². The molecule has 1 aliphatic rings. The van der Waals surface area contributed by atoms with E-state index in [0.717, 1.165) is 32.2 Å². The van der Waals surface area contributed by atoms with Crippen LogP contribution in [-0.2, 0) is 9.98 Å². The lowest BCUT2D eigenvalue weighted by Gasteiger charge is -2.23. The summed E-state index contributed by atoms with van der Waals surface area (Å²) in [7, 11) is -3.13. The summed E-state index contributed by atoms with van der Waals surface area (Å²) in [5.74, 6) is 0. The molecule has 8 rings (SSSR count). The fourth-order valence-electron chi connectivity index (χ4n) is 7.12. The Hall–Kier alpha value is -4.71. The van der Waals surface area contributed by atoms with E-state index in [2.05, 4.69) is 105 Å². The minimum atomic E-state index is -3.13. The number of benzene rings is 7. The lowest BCUT2D eigenvalue weighted by molar-refractivity contribution is 0.592. The van der Waals surface area contributed by atoms with Gasteiger partial charge in [-0.3, -0.25) is 0 Å². The van der Waals surface area contributed by atoms with Gasteiger partial charge in [0.05, 0.1) is 0 Å². The molecular weight excluding hydrogens is 539 g/mol. The zero-order valence-electron chi connectivity index (χ0n) is 24.3. The third-order valence-corrected chi connectivity index (χ3v) is 12.5. The Labute approximate surface area is 252 Å². The van der Waals surface area contributed by atoms with E-state index in [1.54, 1.807) is 0 Å². The summed E-state index contributed by atoms with van der Waals surface area (Å²) >= 11 is 0. The molecule has 0 spiro atoms. The molecule has 0 radical (unpaired) electrons. The van der Waals surface area contributed by atoms with Crippen LogP contribution in [0.15, 0.2) is 152 Å². The van der Waals surface area contributed by atoms with Crippen LogP contribution < -0.4 is 15.9 Å². The van der Waals surface area contributed by atoms with Gasteiger partial charge in [0, 0.05) is 21.3 Å². The second kappa shape index (κ2) is 9.66. The molecule has 0 amide bonds. The first kappa shape index (κ1) is 26.0. The first-order valence-electron chi connectivity index (χ1n) is 14.9. The molecule has 0 saturated carbocycles. The molecule has 1 nitrogen and oxygen atoms in total. The summed E-state index contributed by atoms with van der Waals surface area (Å²) in [6, 6.07) is 52.9. The van der Waals surface area contributed by atoms with E-state index < -0.39 is 7.14 Å². The first-order chi connectivity index (χ1) is 21.0. The van der Waals surface area contributed by atoms with E-state index in [-0.39, 0.29) is 5.41 Å². The second-order valence-electron chi connectivity index (χ2n) is 12.1. The summed E-state index contributed by atoms with van der Waals surface area (Å²) in [5, 5.41) is 7.27. The van der Waals surface area contributed by atoms with Gasteiger partial charge in [-0.25, -0.2) is 0 Å². The zero-order chi connectivity index (χ0) is 29.2. The number of fused-ring (bicyclic) bond motifs is 5. The molecule has 0 fully saturated rings. The van der Waals surface area contributed by atoms with Crippen LogP contribution in [0.2, 0.25) is 0 Å². The maximum absolute atomic E-state index is 15.3. The summed E-state index contributed by atoms with van der Waals surface area (Å²) in [4.78, 5) is 0. The average molecular weight is 571 g/mol. The predicted octanol–water partition coefficient (Wildman–Crippen LogP) is 9.61. The monoisotopic (exact) mass is 570 g/mol. The van der Waals surface area contributed by atoms with E-state index in [9.17, 15) is 0 Å². The molecule has 7 aromatic carbocycles. The molecule has 2 heteroatoms. The minimum absolute atomic E-state index is 0.0723. The number of hydrogen-bond donors (Lipinski definition) is 0. The van der Waals surface area contributed by atoms with Crippen LogP contribution in [0.25, 0.3) is 43.8 Å². The van der Waals surface area contributed by atoms with Crippen molar-refractivity contribution >= 4 is 44.6 Å². The molecule has 0 saturated heterocycles. The van der Waals surface area contributed by atoms with Crippen molar-refractivity contribution in [2.45, 2.75) is 19.3 Å². The standard InChI is InChI=1S/C41H31OP/c1-41(2)38-23-21-30(26-36(38)37-25-28-13-9-10-14-29(28)27-39(37)41)33-22-24-40(35-20-12-11-19-34(33)35)43(42,31-15-5-3-6-16-31)32-17-7-4-8-18-32/h3-27H,1-2H3. The third kappa shape index (κ3) is 3.89. The fraction of sp³-hybridized carbons (Fsp3) is 0.0732. The van der Waals surface area contributed by atoms with Gasteiger partial charge in [0.2, 0.25) is 0 Å². The topological polar surface area (TPSA) is 17.1 Å². The molecule has 0 aliphatic heterocycles. The minimum Gasteiger partial charge on any atom is -0.309 e. The Morgan fingerprint density at radius 2 is 1.02 bits per heavy atom. The smallest absolute Gasteiger partial charge is 0.171 e. The summed E-state index contributed by atoms with van der Waals surface area (Å²) in [6.45, 7) is 4.67. The summed E-state index contributed by atoms with van der Waals surface area (Å²) < 4.78 is 15.3. The van der Waals surface area contributed by atoms with Gasteiger partial charge < -0.3 is 4.57 Å². The summed E-state index contributed by atoms with van der Waals surface area (Å²) in [5.41, 5.74) is 7.62. The summed E-state index contributed by atoms with van der Waals surface area (Å²) in [6.07, 6.45) is 0. The van der Waals surface area contributed by atoms with Crippen molar-refractivity contribution in [1.29, 1.82) is 0 Å². The Kier molecular flexibility index (Phi) is 5.83. The SMILES string of the molecule is CC1(C)c2ccc(-c3ccc(P(=O)(c4ccccc4)c4ccccc4)c4ccccc34)cc2-c2cc3ccccc3cc21. The lowest BCUT2D eigenvalue weighted by atomic mass is 9.81. The van der Waals surface area contributed by atoms with Crippen molar-refractivity contribution < 1.29 is 4.57 Å². The van der Waals surface area contributed by atoms with Gasteiger partial charge in [0.1, 0.15) is 0 Å². The van der Waals surface area contributed by atoms with Crippen LogP contribution in [0.1, 0.15) is 25.0 Å². The van der Waals surface area contributed by atoms with Crippen LogP contribution in [0, 0.1) is 0 Å². The molecule has 0 aromatic heterocycles. The Balaban J connectivity index is 1.35. The third-order valence-electron chi connectivity index (χ3n) is 9.33. The van der Waals surface area contributed by atoms with Gasteiger partial charge >= 0.3 is 0 Å². The molecule has 1 aliphatic carbocycles. The van der Waals surface area contributed by atoms with Crippen molar-refractivity contribution in [1.82, 2.24) is 0 Å². The fourth-order valence-corrected chi connectivity index (χ4v) is 9.97. The highest BCUT2D eigenvalue weighted by Crippen LogP contribution is 2.51. The highest BCUT2D eigenvalue weighted by molar-refractivity contribution is 7.85. The molecule has 0 heterocycles. The van der Waals surface area contributed by atoms with Gasteiger partial charge in [-0.05, 0) is 79.2 Å². The van der Waals surface area contributed by atoms with Gasteiger partial charge in [0.15, 0.2) is 7.14 Å². The van der Waals surface area contributed by atoms with Crippen molar-refractivity contribution in [2.75, 3.05) is 0 Å². The maximum Gasteiger partial charge on any atom is 0.171 e. The van der Waals surface area contributed by atoms with Gasteiger partial charge in [-0.15, -0.1) is 0 Å². The molecule has 206 valence electrons. The van der Waals surface area contributed by atoms with Crippen molar-refractivity contribution in [2.24, 2.45) is 0 Å². The largest absolute Gasteiger partial charge is 0.309 e. The molecule has 0 N–H and O–H groups in total. The van der Waals surface area contributed by atoms with Crippen LogP contribution in [-0.4, -0.2) is 0 Å². The first-order valence-corrected chi connectivity index (χ1v) is 16.6. The van der Waals surface area contributed by atoms with Crippen LogP contribution in [0.5, 0.6) is 0 Å². The van der Waals surface area contributed by atoms with Gasteiger partial charge in [-0.2, -0.15) is 0 Å². The van der Waals surface area contributed by atoms with Gasteiger partial charge in [0.25, 0.3) is 0 Å². The molecule has 0 unspecified atom stereocenters. The van der Waals surface area contributed by atoms with Crippen LogP contribution in [0.3, 0.4) is 0 Å². The van der Waals surface area contributed by atoms with E-state index in [0.29, 0.717) is 0 Å². The molecule has 0 bridgehead atoms. The van der Waals surface area contributed by atoms with E-state index in [1.807, 2.05) is 60.7 Å². The normalized spacial score (nSPS) is 13.6. The number of hydrogen-bond acceptors (Lipinski definition) is 1. The molecule has 0 atom stereocenters. The Morgan fingerprint density at radius 3 is 1.70 bits per heavy atom. The Bertz CT molecular complexity index is 2190. The zero-order valence-corrected chi connectivity index (χ0v) is 25.2. The highest BCUT2D eigenvalue weighted by Gasteiger charge is 2.36. The van der Waals surface area contributed by atoms with Crippen molar-refractivity contribution in [3.05, 3.63) is 163 Å². The Morgan fingerprint density at radius 1 is 0.465 bits per heavy atom. The van der Waals surface area contributed by atoms with E-state index >= 15 is 4.57 Å². The highest BCUT2D eigenvalue weighted by atomic mass is 31.2. The molecule has 43 heavy (non-hydrogen) atoms. The maximum atomic E-state index is 15.3. The van der Waals surface area contributed by atoms with Crippen LogP contribution in [0.4, 0.5) is 0 Å². The number of rotatable bonds is 4. The molecule has 7 aromatic rings. The van der Waals surface area contributed by atoms with E-state index in [1.165, 1.54) is 38.6 Å². The van der Waals surface area contributed by atoms with Crippen molar-refractivity contribution in [3.8, 4) is 22.3 Å². The quantitative estimate of drug-likeness (QED) is 0.193. The predicted molar refractivity (Wildman–Crippen MR) is 184 cm³/mol. The average Bonchev–Trinajstić information content (AvgIpc) is 3.28. The van der Waals surface area contributed by atoms with Gasteiger partial charge in [-0.1, -0.05) is 141 Å².